The molecule has 0 atom stereocenters. The molecular weight excluding hydrogens is 374 g/mol. The van der Waals surface area contributed by atoms with Gasteiger partial charge in [-0.1, -0.05) is 54.1 Å². The third-order valence-electron chi connectivity index (χ3n) is 3.81. The highest BCUT2D eigenvalue weighted by atomic mass is 35.5. The van der Waals surface area contributed by atoms with Gasteiger partial charge in [0.2, 0.25) is 10.0 Å². The Kier molecular flexibility index (Phi) is 5.15. The Morgan fingerprint density at radius 1 is 1.15 bits per heavy atom. The molecule has 2 aromatic carbocycles. The number of fused-ring (bicyclic) bond motifs is 1. The minimum atomic E-state index is -3.81. The van der Waals surface area contributed by atoms with Crippen LogP contribution in [-0.2, 0) is 14.8 Å². The molecule has 7 heteroatoms. The summed E-state index contributed by atoms with van der Waals surface area (Å²) in [6.07, 6.45) is 3.20. The highest BCUT2D eigenvalue weighted by Gasteiger charge is 2.24. The highest BCUT2D eigenvalue weighted by molar-refractivity contribution is 7.90. The maximum atomic E-state index is 12.9. The van der Waals surface area contributed by atoms with E-state index in [1.165, 1.54) is 19.3 Å². The maximum absolute atomic E-state index is 12.9. The van der Waals surface area contributed by atoms with E-state index in [-0.39, 0.29) is 11.4 Å². The molecule has 0 spiro atoms. The standard InChI is InChI=1S/C19H16ClNO4S/c1-25-19(22)18-13-15-8-2-3-10-17(15)21(18)26(23,24)11-5-7-14-6-4-9-16(20)12-14/h2-10,12-13H,11H2,1H3. The van der Waals surface area contributed by atoms with Gasteiger partial charge in [0.1, 0.15) is 5.69 Å². The van der Waals surface area contributed by atoms with E-state index in [9.17, 15) is 13.2 Å². The summed E-state index contributed by atoms with van der Waals surface area (Å²) in [5.74, 6) is -0.981. The van der Waals surface area contributed by atoms with Gasteiger partial charge in [-0.05, 0) is 29.8 Å². The summed E-state index contributed by atoms with van der Waals surface area (Å²) in [5.41, 5.74) is 1.20. The Morgan fingerprint density at radius 2 is 1.92 bits per heavy atom. The van der Waals surface area contributed by atoms with Crippen LogP contribution < -0.4 is 0 Å². The number of halogens is 1. The highest BCUT2D eigenvalue weighted by Crippen LogP contribution is 2.23. The Labute approximate surface area is 156 Å². The Hall–Kier alpha value is -2.57. The first-order chi connectivity index (χ1) is 12.4. The van der Waals surface area contributed by atoms with Gasteiger partial charge in [0.15, 0.2) is 0 Å². The lowest BCUT2D eigenvalue weighted by Crippen LogP contribution is -2.20. The molecule has 0 aliphatic heterocycles. The Balaban J connectivity index is 2.00. The number of ether oxygens (including phenoxy) is 1. The van der Waals surface area contributed by atoms with Crippen LogP contribution in [0.25, 0.3) is 17.0 Å². The zero-order valence-corrected chi connectivity index (χ0v) is 15.5. The van der Waals surface area contributed by atoms with Gasteiger partial charge in [-0.2, -0.15) is 0 Å². The van der Waals surface area contributed by atoms with Crippen LogP contribution in [0.4, 0.5) is 0 Å². The van der Waals surface area contributed by atoms with E-state index in [4.69, 9.17) is 16.3 Å². The van der Waals surface area contributed by atoms with Crippen LogP contribution in [0.3, 0.4) is 0 Å². The van der Waals surface area contributed by atoms with Crippen LogP contribution in [0.2, 0.25) is 5.02 Å². The molecule has 134 valence electrons. The van der Waals surface area contributed by atoms with Crippen molar-refractivity contribution in [1.82, 2.24) is 3.97 Å². The predicted molar refractivity (Wildman–Crippen MR) is 103 cm³/mol. The fourth-order valence-electron chi connectivity index (χ4n) is 2.67. The van der Waals surface area contributed by atoms with E-state index in [1.807, 2.05) is 6.07 Å². The molecule has 1 aromatic heterocycles. The Morgan fingerprint density at radius 3 is 2.65 bits per heavy atom. The van der Waals surface area contributed by atoms with Crippen LogP contribution in [0.1, 0.15) is 16.1 Å². The predicted octanol–water partition coefficient (Wildman–Crippen LogP) is 3.97. The first-order valence-corrected chi connectivity index (χ1v) is 9.75. The second kappa shape index (κ2) is 7.35. The van der Waals surface area contributed by atoms with Gasteiger partial charge < -0.3 is 4.74 Å². The second-order valence-electron chi connectivity index (χ2n) is 5.58. The van der Waals surface area contributed by atoms with Gasteiger partial charge in [-0.25, -0.2) is 17.2 Å². The molecule has 3 rings (SSSR count). The lowest BCUT2D eigenvalue weighted by Gasteiger charge is -2.09. The van der Waals surface area contributed by atoms with E-state index < -0.39 is 16.0 Å². The van der Waals surface area contributed by atoms with Gasteiger partial charge in [-0.15, -0.1) is 0 Å². The minimum absolute atomic E-state index is 0.0233. The summed E-state index contributed by atoms with van der Waals surface area (Å²) in [4.78, 5) is 12.0. The van der Waals surface area contributed by atoms with Gasteiger partial charge in [-0.3, -0.25) is 0 Å². The lowest BCUT2D eigenvalue weighted by molar-refractivity contribution is 0.0593. The van der Waals surface area contributed by atoms with Gasteiger partial charge >= 0.3 is 5.97 Å². The molecule has 0 unspecified atom stereocenters. The van der Waals surface area contributed by atoms with Crippen molar-refractivity contribution in [2.75, 3.05) is 12.9 Å². The smallest absolute Gasteiger partial charge is 0.355 e. The molecule has 0 aliphatic rings. The van der Waals surface area contributed by atoms with Crippen molar-refractivity contribution in [3.63, 3.8) is 0 Å². The molecule has 0 fully saturated rings. The molecule has 5 nitrogen and oxygen atoms in total. The van der Waals surface area contributed by atoms with E-state index in [0.29, 0.717) is 15.9 Å². The maximum Gasteiger partial charge on any atom is 0.355 e. The van der Waals surface area contributed by atoms with Gasteiger partial charge in [0.05, 0.1) is 18.4 Å². The molecule has 0 N–H and O–H groups in total. The molecule has 0 amide bonds. The average Bonchev–Trinajstić information content (AvgIpc) is 3.01. The van der Waals surface area contributed by atoms with Crippen molar-refractivity contribution in [1.29, 1.82) is 0 Å². The number of hydrogen-bond donors (Lipinski definition) is 0. The number of hydrogen-bond acceptors (Lipinski definition) is 4. The summed E-state index contributed by atoms with van der Waals surface area (Å²) in [7, 11) is -2.60. The molecule has 0 bridgehead atoms. The minimum Gasteiger partial charge on any atom is -0.464 e. The van der Waals surface area contributed by atoms with E-state index in [0.717, 1.165) is 9.54 Å². The number of nitrogens with zero attached hydrogens (tertiary/aromatic N) is 1. The first kappa shape index (κ1) is 18.2. The fraction of sp³-hybridized carbons (Fsp3) is 0.105. The summed E-state index contributed by atoms with van der Waals surface area (Å²) in [6.45, 7) is 0. The molecule has 3 aromatic rings. The first-order valence-electron chi connectivity index (χ1n) is 7.76. The summed E-state index contributed by atoms with van der Waals surface area (Å²) >= 11 is 5.92. The molecule has 0 saturated heterocycles. The Bertz CT molecular complexity index is 1100. The van der Waals surface area contributed by atoms with E-state index in [2.05, 4.69) is 0 Å². The number of rotatable bonds is 5. The van der Waals surface area contributed by atoms with Crippen LogP contribution in [0.5, 0.6) is 0 Å². The average molecular weight is 390 g/mol. The topological polar surface area (TPSA) is 65.4 Å². The number of aromatic nitrogens is 1. The molecule has 0 aliphatic carbocycles. The van der Waals surface area contributed by atoms with Crippen molar-refractivity contribution in [2.45, 2.75) is 0 Å². The van der Waals surface area contributed by atoms with E-state index in [1.54, 1.807) is 48.5 Å². The summed E-state index contributed by atoms with van der Waals surface area (Å²) in [5, 5.41) is 1.22. The number of methoxy groups -OCH3 is 1. The van der Waals surface area contributed by atoms with Crippen molar-refractivity contribution in [3.05, 3.63) is 77.0 Å². The van der Waals surface area contributed by atoms with Crippen molar-refractivity contribution < 1.29 is 17.9 Å². The number of carbonyl (C=O) groups is 1. The number of esters is 1. The molecule has 1 heterocycles. The largest absolute Gasteiger partial charge is 0.464 e. The van der Waals surface area contributed by atoms with Crippen molar-refractivity contribution in [3.8, 4) is 0 Å². The van der Waals surface area contributed by atoms with Crippen molar-refractivity contribution >= 4 is 44.6 Å². The third-order valence-corrected chi connectivity index (χ3v) is 5.60. The van der Waals surface area contributed by atoms with Gasteiger partial charge in [0.25, 0.3) is 0 Å². The number of benzene rings is 2. The number of carbonyl (C=O) groups excluding carboxylic acids is 1. The normalized spacial score (nSPS) is 11.9. The van der Waals surface area contributed by atoms with Gasteiger partial charge in [0, 0.05) is 10.4 Å². The zero-order chi connectivity index (χ0) is 18.7. The zero-order valence-electron chi connectivity index (χ0n) is 13.9. The number of para-hydroxylation sites is 1. The van der Waals surface area contributed by atoms with Crippen LogP contribution in [0.15, 0.2) is 60.7 Å². The third kappa shape index (κ3) is 3.66. The molecule has 26 heavy (non-hydrogen) atoms. The molecular formula is C19H16ClNO4S. The van der Waals surface area contributed by atoms with Crippen LogP contribution >= 0.6 is 11.6 Å². The van der Waals surface area contributed by atoms with E-state index >= 15 is 0 Å². The molecule has 0 radical (unpaired) electrons. The van der Waals surface area contributed by atoms with Crippen LogP contribution in [-0.4, -0.2) is 31.2 Å². The SMILES string of the molecule is COC(=O)c1cc2ccccc2n1S(=O)(=O)CC=Cc1cccc(Cl)c1. The second-order valence-corrected chi connectivity index (χ2v) is 7.88. The lowest BCUT2D eigenvalue weighted by atomic mass is 10.2. The molecule has 0 saturated carbocycles. The van der Waals surface area contributed by atoms with Crippen LogP contribution in [0, 0.1) is 0 Å². The monoisotopic (exact) mass is 389 g/mol. The fourth-order valence-corrected chi connectivity index (χ4v) is 4.25. The van der Waals surface area contributed by atoms with Crippen molar-refractivity contribution in [2.24, 2.45) is 0 Å². The summed E-state index contributed by atoms with van der Waals surface area (Å²) < 4.78 is 31.5. The quantitative estimate of drug-likeness (QED) is 0.619. The summed E-state index contributed by atoms with van der Waals surface area (Å²) in [6, 6.07) is 15.5.